The molecule has 0 aliphatic heterocycles. The van der Waals surface area contributed by atoms with E-state index in [1.165, 1.54) is 6.26 Å². The summed E-state index contributed by atoms with van der Waals surface area (Å²) in [6, 6.07) is 11.8. The maximum Gasteiger partial charge on any atom is 0.149 e. The Morgan fingerprint density at radius 3 is 2.40 bits per heavy atom. The van der Waals surface area contributed by atoms with Gasteiger partial charge in [-0.3, -0.25) is 0 Å². The lowest BCUT2D eigenvalue weighted by Crippen LogP contribution is -2.27. The Morgan fingerprint density at radius 2 is 1.80 bits per heavy atom. The van der Waals surface area contributed by atoms with Crippen molar-refractivity contribution in [1.82, 2.24) is 5.32 Å². The summed E-state index contributed by atoms with van der Waals surface area (Å²) < 4.78 is 24.3. The largest absolute Gasteiger partial charge is 0.309 e. The molecule has 3 nitrogen and oxygen atoms in total. The third-order valence-electron chi connectivity index (χ3n) is 3.20. The van der Waals surface area contributed by atoms with Gasteiger partial charge in [-0.2, -0.15) is 0 Å². The molecule has 0 heterocycles. The molecule has 2 aromatic carbocycles. The molecule has 2 rings (SSSR count). The van der Waals surface area contributed by atoms with Gasteiger partial charge in [-0.05, 0) is 28.9 Å². The average Bonchev–Trinajstić information content (AvgIpc) is 2.37. The summed E-state index contributed by atoms with van der Waals surface area (Å²) in [6.07, 6.45) is 1.28. The maximum atomic E-state index is 11.6. The van der Waals surface area contributed by atoms with Crippen molar-refractivity contribution in [3.05, 3.63) is 46.4 Å². The molecule has 0 fully saturated rings. The van der Waals surface area contributed by atoms with Crippen LogP contribution in [-0.4, -0.2) is 27.0 Å². The van der Waals surface area contributed by atoms with Gasteiger partial charge in [0, 0.05) is 16.8 Å². The van der Waals surface area contributed by atoms with Crippen molar-refractivity contribution in [2.75, 3.05) is 18.6 Å². The highest BCUT2D eigenvalue weighted by atomic mass is 79.9. The molecule has 0 radical (unpaired) electrons. The van der Waals surface area contributed by atoms with Crippen LogP contribution in [0.15, 0.2) is 40.9 Å². The second-order valence-electron chi connectivity index (χ2n) is 4.88. The van der Waals surface area contributed by atoms with Gasteiger partial charge in [-0.25, -0.2) is 8.42 Å². The van der Waals surface area contributed by atoms with Crippen LogP contribution in [0.2, 0.25) is 0 Å². The zero-order chi connectivity index (χ0) is 14.8. The molecule has 0 bridgehead atoms. The number of halogens is 1. The van der Waals surface area contributed by atoms with Gasteiger partial charge < -0.3 is 5.32 Å². The van der Waals surface area contributed by atoms with Gasteiger partial charge in [0.15, 0.2) is 0 Å². The first-order valence-electron chi connectivity index (χ1n) is 6.50. The summed E-state index contributed by atoms with van der Waals surface area (Å²) in [7, 11) is -3.05. The Bertz CT molecular complexity index is 713. The van der Waals surface area contributed by atoms with Crippen molar-refractivity contribution in [1.29, 1.82) is 0 Å². The first-order valence-corrected chi connectivity index (χ1v) is 9.36. The van der Waals surface area contributed by atoms with Crippen molar-refractivity contribution < 1.29 is 8.42 Å². The molecule has 1 unspecified atom stereocenters. The van der Waals surface area contributed by atoms with E-state index in [1.54, 1.807) is 0 Å². The van der Waals surface area contributed by atoms with Gasteiger partial charge >= 0.3 is 0 Å². The quantitative estimate of drug-likeness (QED) is 0.894. The SMILES string of the molecule is CCNC(CS(C)(=O)=O)c1ccc(Br)c2ccccc12. The average molecular weight is 356 g/mol. The summed E-state index contributed by atoms with van der Waals surface area (Å²) >= 11 is 3.54. The van der Waals surface area contributed by atoms with Crippen LogP contribution in [0.1, 0.15) is 18.5 Å². The van der Waals surface area contributed by atoms with E-state index in [0.717, 1.165) is 27.4 Å². The van der Waals surface area contributed by atoms with Crippen molar-refractivity contribution in [3.63, 3.8) is 0 Å². The Kier molecular flexibility index (Phi) is 4.83. The molecule has 0 saturated carbocycles. The molecular weight excluding hydrogens is 338 g/mol. The minimum Gasteiger partial charge on any atom is -0.309 e. The van der Waals surface area contributed by atoms with Crippen LogP contribution in [0.5, 0.6) is 0 Å². The Labute approximate surface area is 128 Å². The van der Waals surface area contributed by atoms with E-state index < -0.39 is 9.84 Å². The van der Waals surface area contributed by atoms with E-state index >= 15 is 0 Å². The molecule has 0 aliphatic carbocycles. The molecule has 0 aromatic heterocycles. The molecule has 5 heteroatoms. The van der Waals surface area contributed by atoms with Crippen molar-refractivity contribution in [3.8, 4) is 0 Å². The fourth-order valence-corrected chi connectivity index (χ4v) is 3.78. The van der Waals surface area contributed by atoms with Gasteiger partial charge in [0.1, 0.15) is 9.84 Å². The third-order valence-corrected chi connectivity index (χ3v) is 4.83. The number of nitrogens with one attached hydrogen (secondary N) is 1. The zero-order valence-electron chi connectivity index (χ0n) is 11.6. The monoisotopic (exact) mass is 355 g/mol. The Hall–Kier alpha value is -0.910. The van der Waals surface area contributed by atoms with E-state index in [2.05, 4.69) is 21.2 Å². The summed E-state index contributed by atoms with van der Waals surface area (Å²) in [6.45, 7) is 2.71. The Morgan fingerprint density at radius 1 is 1.15 bits per heavy atom. The van der Waals surface area contributed by atoms with E-state index in [9.17, 15) is 8.42 Å². The number of rotatable bonds is 5. The predicted octanol–water partition coefficient (Wildman–Crippen LogP) is 3.30. The predicted molar refractivity (Wildman–Crippen MR) is 87.8 cm³/mol. The summed E-state index contributed by atoms with van der Waals surface area (Å²) in [5.74, 6) is 0.104. The summed E-state index contributed by atoms with van der Waals surface area (Å²) in [4.78, 5) is 0. The third kappa shape index (κ3) is 3.59. The second-order valence-corrected chi connectivity index (χ2v) is 7.92. The highest BCUT2D eigenvalue weighted by molar-refractivity contribution is 9.10. The van der Waals surface area contributed by atoms with Crippen LogP contribution in [-0.2, 0) is 9.84 Å². The highest BCUT2D eigenvalue weighted by Gasteiger charge is 2.19. The number of hydrogen-bond acceptors (Lipinski definition) is 3. The molecule has 0 aliphatic rings. The molecule has 0 saturated heterocycles. The van der Waals surface area contributed by atoms with E-state index in [-0.39, 0.29) is 11.8 Å². The van der Waals surface area contributed by atoms with Gasteiger partial charge in [-0.1, -0.05) is 53.2 Å². The molecule has 2 aromatic rings. The maximum absolute atomic E-state index is 11.6. The van der Waals surface area contributed by atoms with Crippen LogP contribution in [0.25, 0.3) is 10.8 Å². The molecule has 1 atom stereocenters. The van der Waals surface area contributed by atoms with Gasteiger partial charge in [0.25, 0.3) is 0 Å². The molecule has 1 N–H and O–H groups in total. The van der Waals surface area contributed by atoms with E-state index in [1.807, 2.05) is 43.3 Å². The minimum atomic E-state index is -3.05. The van der Waals surface area contributed by atoms with Crippen molar-refractivity contribution in [2.24, 2.45) is 0 Å². The first-order chi connectivity index (χ1) is 9.42. The molecular formula is C15H18BrNO2S. The van der Waals surface area contributed by atoms with Crippen LogP contribution in [0.3, 0.4) is 0 Å². The van der Waals surface area contributed by atoms with Crippen LogP contribution in [0.4, 0.5) is 0 Å². The highest BCUT2D eigenvalue weighted by Crippen LogP contribution is 2.30. The normalized spacial score (nSPS) is 13.6. The lowest BCUT2D eigenvalue weighted by Gasteiger charge is -2.20. The fraction of sp³-hybridized carbons (Fsp3) is 0.333. The number of sulfone groups is 1. The summed E-state index contributed by atoms with van der Waals surface area (Å²) in [5, 5.41) is 5.45. The molecule has 20 heavy (non-hydrogen) atoms. The second kappa shape index (κ2) is 6.24. The van der Waals surface area contributed by atoms with Crippen LogP contribution < -0.4 is 5.32 Å². The Balaban J connectivity index is 2.56. The molecule has 0 amide bonds. The van der Waals surface area contributed by atoms with Gasteiger partial charge in [-0.15, -0.1) is 0 Å². The van der Waals surface area contributed by atoms with Crippen LogP contribution in [0, 0.1) is 0 Å². The number of hydrogen-bond donors (Lipinski definition) is 1. The summed E-state index contributed by atoms with van der Waals surface area (Å²) in [5.41, 5.74) is 1.02. The van der Waals surface area contributed by atoms with Crippen molar-refractivity contribution >= 4 is 36.5 Å². The zero-order valence-corrected chi connectivity index (χ0v) is 14.0. The van der Waals surface area contributed by atoms with E-state index in [4.69, 9.17) is 0 Å². The fourth-order valence-electron chi connectivity index (χ4n) is 2.40. The molecule has 0 spiro atoms. The molecule has 108 valence electrons. The standard InChI is InChI=1S/C15H18BrNO2S/c1-3-17-15(10-20(2,18)19)13-8-9-14(16)12-7-5-4-6-11(12)13/h4-9,15,17H,3,10H2,1-2H3. The van der Waals surface area contributed by atoms with Crippen molar-refractivity contribution in [2.45, 2.75) is 13.0 Å². The van der Waals surface area contributed by atoms with Gasteiger partial charge in [0.2, 0.25) is 0 Å². The minimum absolute atomic E-state index is 0.104. The lowest BCUT2D eigenvalue weighted by atomic mass is 9.99. The van der Waals surface area contributed by atoms with Gasteiger partial charge in [0.05, 0.1) is 5.75 Å². The van der Waals surface area contributed by atoms with Crippen LogP contribution >= 0.6 is 15.9 Å². The topological polar surface area (TPSA) is 46.2 Å². The first kappa shape index (κ1) is 15.5. The lowest BCUT2D eigenvalue weighted by molar-refractivity contribution is 0.565. The van der Waals surface area contributed by atoms with E-state index in [0.29, 0.717) is 0 Å². The number of fused-ring (bicyclic) bond motifs is 1. The smallest absolute Gasteiger partial charge is 0.149 e. The number of benzene rings is 2.